The highest BCUT2D eigenvalue weighted by Crippen LogP contribution is 2.44. The molecule has 1 heterocycles. The van der Waals surface area contributed by atoms with Gasteiger partial charge in [0, 0.05) is 13.1 Å². The Bertz CT molecular complexity index is 1020. The SMILES string of the molecule is Cn1c(C(C)(N)C2CCC(C(C)(C)C)CC2)nc2cc(OCc3ccccc3)ccc21. The average molecular weight is 420 g/mol. The first kappa shape index (κ1) is 21.9. The molecule has 4 nitrogen and oxygen atoms in total. The molecular weight excluding hydrogens is 382 g/mol. The van der Waals surface area contributed by atoms with Crippen molar-refractivity contribution < 1.29 is 4.74 Å². The van der Waals surface area contributed by atoms with Crippen LogP contribution in [0.1, 0.15) is 64.8 Å². The third kappa shape index (κ3) is 4.50. The standard InChI is InChI=1S/C27H37N3O/c1-26(2,3)20-11-13-21(14-12-20)27(4,28)25-29-23-17-22(15-16-24(23)30(25)5)31-18-19-9-7-6-8-10-19/h6-10,15-17,20-21H,11-14,18,28H2,1-5H3. The third-order valence-electron chi connectivity index (χ3n) is 7.38. The number of rotatable bonds is 5. The van der Waals surface area contributed by atoms with Gasteiger partial charge in [-0.3, -0.25) is 0 Å². The number of ether oxygens (including phenoxy) is 1. The lowest BCUT2D eigenvalue weighted by molar-refractivity contribution is 0.112. The Morgan fingerprint density at radius 2 is 1.61 bits per heavy atom. The smallest absolute Gasteiger partial charge is 0.129 e. The predicted molar refractivity (Wildman–Crippen MR) is 128 cm³/mol. The zero-order valence-corrected chi connectivity index (χ0v) is 19.7. The van der Waals surface area contributed by atoms with Crippen LogP contribution in [0.3, 0.4) is 0 Å². The fourth-order valence-corrected chi connectivity index (χ4v) is 5.23. The second-order valence-electron chi connectivity index (χ2n) is 10.6. The highest BCUT2D eigenvalue weighted by atomic mass is 16.5. The molecule has 0 bridgehead atoms. The van der Waals surface area contributed by atoms with Crippen LogP contribution in [-0.4, -0.2) is 9.55 Å². The highest BCUT2D eigenvalue weighted by molar-refractivity contribution is 5.78. The minimum absolute atomic E-state index is 0.379. The number of benzene rings is 2. The molecule has 1 aliphatic carbocycles. The second kappa shape index (κ2) is 8.31. The number of aryl methyl sites for hydroxylation is 1. The van der Waals surface area contributed by atoms with E-state index >= 15 is 0 Å². The van der Waals surface area contributed by atoms with Crippen LogP contribution in [0.2, 0.25) is 0 Å². The quantitative estimate of drug-likeness (QED) is 0.537. The molecule has 0 aliphatic heterocycles. The molecule has 166 valence electrons. The molecule has 0 spiro atoms. The molecule has 4 heteroatoms. The van der Waals surface area contributed by atoms with E-state index in [2.05, 4.69) is 57.5 Å². The molecule has 1 atom stereocenters. The largest absolute Gasteiger partial charge is 0.489 e. The maximum absolute atomic E-state index is 6.99. The molecular formula is C27H37N3O. The zero-order chi connectivity index (χ0) is 22.2. The zero-order valence-electron chi connectivity index (χ0n) is 19.7. The molecule has 1 aliphatic rings. The summed E-state index contributed by atoms with van der Waals surface area (Å²) in [5.41, 5.74) is 10.1. The van der Waals surface area contributed by atoms with Crippen LogP contribution in [0.5, 0.6) is 5.75 Å². The number of imidazole rings is 1. The van der Waals surface area contributed by atoms with Gasteiger partial charge in [-0.25, -0.2) is 4.98 Å². The van der Waals surface area contributed by atoms with Crippen LogP contribution < -0.4 is 10.5 Å². The predicted octanol–water partition coefficient (Wildman–Crippen LogP) is 6.18. The van der Waals surface area contributed by atoms with Gasteiger partial charge in [0.05, 0.1) is 16.6 Å². The van der Waals surface area contributed by atoms with E-state index in [1.807, 2.05) is 30.3 Å². The van der Waals surface area contributed by atoms with Gasteiger partial charge >= 0.3 is 0 Å². The maximum atomic E-state index is 6.99. The second-order valence-corrected chi connectivity index (χ2v) is 10.6. The van der Waals surface area contributed by atoms with Gasteiger partial charge in [0.1, 0.15) is 18.2 Å². The lowest BCUT2D eigenvalue weighted by Crippen LogP contribution is -2.45. The first-order chi connectivity index (χ1) is 14.7. The minimum atomic E-state index is -0.443. The molecule has 31 heavy (non-hydrogen) atoms. The Hall–Kier alpha value is -2.33. The summed E-state index contributed by atoms with van der Waals surface area (Å²) < 4.78 is 8.19. The lowest BCUT2D eigenvalue weighted by Gasteiger charge is -2.42. The summed E-state index contributed by atoms with van der Waals surface area (Å²) in [7, 11) is 2.08. The number of nitrogens with two attached hydrogens (primary N) is 1. The Morgan fingerprint density at radius 1 is 0.968 bits per heavy atom. The summed E-state index contributed by atoms with van der Waals surface area (Å²) in [4.78, 5) is 5.00. The molecule has 1 aromatic heterocycles. The van der Waals surface area contributed by atoms with E-state index in [1.165, 1.54) is 25.7 Å². The summed E-state index contributed by atoms with van der Waals surface area (Å²) in [5, 5.41) is 0. The Morgan fingerprint density at radius 3 is 2.26 bits per heavy atom. The van der Waals surface area contributed by atoms with Gasteiger partial charge in [-0.1, -0.05) is 51.1 Å². The van der Waals surface area contributed by atoms with Crippen LogP contribution in [0.25, 0.3) is 11.0 Å². The van der Waals surface area contributed by atoms with E-state index in [0.717, 1.165) is 34.1 Å². The summed E-state index contributed by atoms with van der Waals surface area (Å²) in [6.45, 7) is 9.81. The summed E-state index contributed by atoms with van der Waals surface area (Å²) in [5.74, 6) is 3.05. The first-order valence-corrected chi connectivity index (χ1v) is 11.6. The molecule has 4 rings (SSSR count). The molecule has 0 saturated heterocycles. The molecule has 1 saturated carbocycles. The van der Waals surface area contributed by atoms with E-state index in [1.54, 1.807) is 0 Å². The first-order valence-electron chi connectivity index (χ1n) is 11.6. The van der Waals surface area contributed by atoms with Crippen molar-refractivity contribution >= 4 is 11.0 Å². The van der Waals surface area contributed by atoms with Crippen molar-refractivity contribution in [1.29, 1.82) is 0 Å². The van der Waals surface area contributed by atoms with Gasteiger partial charge in [0.15, 0.2) is 0 Å². The minimum Gasteiger partial charge on any atom is -0.489 e. The lowest BCUT2D eigenvalue weighted by atomic mass is 9.66. The van der Waals surface area contributed by atoms with Crippen LogP contribution in [0, 0.1) is 17.3 Å². The van der Waals surface area contributed by atoms with Gasteiger partial charge in [-0.05, 0) is 67.6 Å². The van der Waals surface area contributed by atoms with Crippen molar-refractivity contribution in [2.24, 2.45) is 30.0 Å². The van der Waals surface area contributed by atoms with E-state index in [-0.39, 0.29) is 0 Å². The summed E-state index contributed by atoms with van der Waals surface area (Å²) in [6.07, 6.45) is 4.85. The van der Waals surface area contributed by atoms with Gasteiger partial charge < -0.3 is 15.0 Å². The fourth-order valence-electron chi connectivity index (χ4n) is 5.23. The number of aromatic nitrogens is 2. The van der Waals surface area contributed by atoms with Gasteiger partial charge in [0.2, 0.25) is 0 Å². The molecule has 2 aromatic carbocycles. The van der Waals surface area contributed by atoms with Crippen molar-refractivity contribution in [3.63, 3.8) is 0 Å². The van der Waals surface area contributed by atoms with Gasteiger partial charge in [-0.2, -0.15) is 0 Å². The molecule has 0 amide bonds. The van der Waals surface area contributed by atoms with Crippen molar-refractivity contribution in [3.05, 3.63) is 59.9 Å². The van der Waals surface area contributed by atoms with Crippen LogP contribution in [0.4, 0.5) is 0 Å². The van der Waals surface area contributed by atoms with Crippen molar-refractivity contribution in [2.75, 3.05) is 0 Å². The monoisotopic (exact) mass is 419 g/mol. The van der Waals surface area contributed by atoms with Crippen molar-refractivity contribution in [3.8, 4) is 5.75 Å². The van der Waals surface area contributed by atoms with E-state index in [0.29, 0.717) is 17.9 Å². The van der Waals surface area contributed by atoms with Crippen LogP contribution in [-0.2, 0) is 19.2 Å². The molecule has 2 N–H and O–H groups in total. The molecule has 3 aromatic rings. The number of hydrogen-bond acceptors (Lipinski definition) is 3. The normalized spacial score (nSPS) is 21.7. The van der Waals surface area contributed by atoms with Crippen LogP contribution >= 0.6 is 0 Å². The summed E-state index contributed by atoms with van der Waals surface area (Å²) in [6, 6.07) is 16.4. The molecule has 0 radical (unpaired) electrons. The topological polar surface area (TPSA) is 53.1 Å². The van der Waals surface area contributed by atoms with Crippen molar-refractivity contribution in [2.45, 2.75) is 65.5 Å². The van der Waals surface area contributed by atoms with E-state index < -0.39 is 5.54 Å². The Labute approximate surface area is 186 Å². The Balaban J connectivity index is 1.53. The third-order valence-corrected chi connectivity index (χ3v) is 7.38. The van der Waals surface area contributed by atoms with Crippen molar-refractivity contribution in [1.82, 2.24) is 9.55 Å². The maximum Gasteiger partial charge on any atom is 0.129 e. The van der Waals surface area contributed by atoms with Gasteiger partial charge in [0.25, 0.3) is 0 Å². The Kier molecular flexibility index (Phi) is 5.87. The number of hydrogen-bond donors (Lipinski definition) is 1. The van der Waals surface area contributed by atoms with Crippen LogP contribution in [0.15, 0.2) is 48.5 Å². The summed E-state index contributed by atoms with van der Waals surface area (Å²) >= 11 is 0. The fraction of sp³-hybridized carbons (Fsp3) is 0.519. The molecule has 1 fully saturated rings. The van der Waals surface area contributed by atoms with Gasteiger partial charge in [-0.15, -0.1) is 0 Å². The van der Waals surface area contributed by atoms with E-state index in [9.17, 15) is 0 Å². The highest BCUT2D eigenvalue weighted by Gasteiger charge is 2.40. The van der Waals surface area contributed by atoms with E-state index in [4.69, 9.17) is 15.5 Å². The average Bonchev–Trinajstić information content (AvgIpc) is 3.09. The number of fused-ring (bicyclic) bond motifs is 1. The molecule has 1 unspecified atom stereocenters. The number of nitrogens with zero attached hydrogens (tertiary/aromatic N) is 2.